The molecule has 0 bridgehead atoms. The number of anilines is 2. The maximum atomic E-state index is 14.7. The van der Waals surface area contributed by atoms with E-state index in [4.69, 9.17) is 11.6 Å². The van der Waals surface area contributed by atoms with Gasteiger partial charge in [0.2, 0.25) is 23.6 Å². The second-order valence-corrected chi connectivity index (χ2v) is 38.4. The predicted octanol–water partition coefficient (Wildman–Crippen LogP) is 13.3. The molecule has 28 heteroatoms. The van der Waals surface area contributed by atoms with E-state index in [-0.39, 0.29) is 54.9 Å². The summed E-state index contributed by atoms with van der Waals surface area (Å²) in [7, 11) is -11.2. The smallest absolute Gasteiger partial charge is 0.391 e. The van der Waals surface area contributed by atoms with Gasteiger partial charge in [-0.2, -0.15) is 13.2 Å². The Hall–Kier alpha value is -7.37. The van der Waals surface area contributed by atoms with Crippen LogP contribution in [0.4, 0.5) is 24.5 Å². The van der Waals surface area contributed by atoms with Gasteiger partial charge in [0.25, 0.3) is 25.8 Å². The van der Waals surface area contributed by atoms with Crippen molar-refractivity contribution in [1.29, 1.82) is 0 Å². The topological polar surface area (TPSA) is 251 Å². The second kappa shape index (κ2) is 34.1. The van der Waals surface area contributed by atoms with Crippen molar-refractivity contribution in [3.8, 4) is 10.4 Å². The van der Waals surface area contributed by atoms with Crippen LogP contribution in [0, 0.1) is 28.6 Å². The fourth-order valence-electron chi connectivity index (χ4n) is 15.1. The van der Waals surface area contributed by atoms with Gasteiger partial charge in [0.05, 0.1) is 38.8 Å². The summed E-state index contributed by atoms with van der Waals surface area (Å²) in [6.45, 7) is 26.8. The highest BCUT2D eigenvalue weighted by atomic mass is 35.5. The first kappa shape index (κ1) is 83.1. The van der Waals surface area contributed by atoms with Crippen molar-refractivity contribution in [3.63, 3.8) is 0 Å². The standard InChI is InChI=1S/C80H102ClF3N10O10S4/c1-52(54-17-19-56(20-18-54)70-53(2)85-51-106-70)86-73(98)67-43-62(95)48-94(67)74(99)71(76(3,4)5)88-75(100)79(10,11)50-78(8,9)46-69(96)93-41-35-90(36-42-93)34-32-60(49-105-63-15-13-12-14-16-63)87-66-30-29-64(44-68(66)107(101,102)80(82,83)84)108(103,104)89-72(97)57-23-27-61(28-24-57)92-39-37-91(38-40-92)47-58-45-77(6,7)33-31-65(58)55-21-25-59(81)26-22-55/h12-30,44,51-52,60,62,67,71,87,95H,31-43,45-50H2,1-11H3,(H,86,98)(H,88,100)(H,89,97)/t52-,60+,62+,67-,71+/m0/s1. The van der Waals surface area contributed by atoms with E-state index in [0.717, 1.165) is 83.3 Å². The molecule has 5 amide bonds. The van der Waals surface area contributed by atoms with Crippen LogP contribution in [-0.4, -0.2) is 184 Å². The van der Waals surface area contributed by atoms with Gasteiger partial charge in [-0.15, -0.1) is 23.1 Å². The number of carbonyl (C=O) groups excluding carboxylic acids is 5. The number of β-amino-alcohol motifs (C(OH)–C–C–N with tert-alkyl or cyclic N) is 1. The van der Waals surface area contributed by atoms with Gasteiger partial charge in [0, 0.05) is 123 Å². The first-order valence-electron chi connectivity index (χ1n) is 36.8. The Labute approximate surface area is 647 Å². The molecule has 584 valence electrons. The number of sulfonamides is 1. The molecule has 108 heavy (non-hydrogen) atoms. The number of hydrogen-bond donors (Lipinski definition) is 5. The van der Waals surface area contributed by atoms with E-state index in [1.54, 1.807) is 47.7 Å². The normalized spacial score (nSPS) is 18.8. The average Bonchev–Trinajstić information content (AvgIpc) is 0.809. The number of aliphatic hydroxyl groups is 1. The Morgan fingerprint density at radius 1 is 0.787 bits per heavy atom. The lowest BCUT2D eigenvalue weighted by Gasteiger charge is -2.40. The number of rotatable bonds is 27. The van der Waals surface area contributed by atoms with Crippen LogP contribution >= 0.6 is 34.7 Å². The van der Waals surface area contributed by atoms with E-state index in [1.807, 2.05) is 120 Å². The van der Waals surface area contributed by atoms with Crippen molar-refractivity contribution < 1.29 is 59.1 Å². The highest BCUT2D eigenvalue weighted by Gasteiger charge is 2.50. The molecule has 3 fully saturated rings. The molecule has 0 saturated carbocycles. The Morgan fingerprint density at radius 3 is 2.05 bits per heavy atom. The van der Waals surface area contributed by atoms with Gasteiger partial charge >= 0.3 is 5.51 Å². The maximum absolute atomic E-state index is 14.7. The van der Waals surface area contributed by atoms with Crippen LogP contribution in [0.15, 0.2) is 147 Å². The first-order valence-corrected chi connectivity index (χ1v) is 42.0. The minimum absolute atomic E-state index is 0.0211. The Balaban J connectivity index is 0.730. The van der Waals surface area contributed by atoms with Crippen LogP contribution in [0.25, 0.3) is 16.0 Å². The summed E-state index contributed by atoms with van der Waals surface area (Å²) < 4.78 is 101. The van der Waals surface area contributed by atoms with E-state index in [0.29, 0.717) is 56.9 Å². The fraction of sp³-hybridized carbons (Fsp3) is 0.500. The summed E-state index contributed by atoms with van der Waals surface area (Å²) in [5.74, 6) is -2.32. The zero-order chi connectivity index (χ0) is 78.5. The maximum Gasteiger partial charge on any atom is 0.501 e. The molecule has 0 unspecified atom stereocenters. The second-order valence-electron chi connectivity index (χ2n) is 32.4. The SMILES string of the molecule is Cc1ncsc1-c1ccc([C@H](C)NC(=O)[C@@H]2C[C@@H](O)CN2C(=O)[C@@H](NC(=O)C(C)(C)CC(C)(C)CC(=O)N2CCN(CC[C@H](CSc3ccccc3)Nc3ccc(S(=O)(=O)NC(=O)c4ccc(N5CCN(CC6=C(c7ccc(Cl)cc7)CCC(C)(C)C6)CC5)cc4)cc3S(=O)(=O)C(F)(F)F)CC2)C(C)(C)C)cc1. The number of aryl methyl sites for hydroxylation is 1. The number of carbonyl (C=O) groups is 5. The van der Waals surface area contributed by atoms with Gasteiger partial charge in [-0.25, -0.2) is 26.5 Å². The number of nitrogens with zero attached hydrogens (tertiary/aromatic N) is 6. The van der Waals surface area contributed by atoms with E-state index in [9.17, 15) is 59.1 Å². The number of allylic oxidation sites excluding steroid dienone is 1. The Bertz CT molecular complexity index is 4460. The van der Waals surface area contributed by atoms with Crippen LogP contribution in [-0.2, 0) is 39.0 Å². The zero-order valence-electron chi connectivity index (χ0n) is 63.4. The molecule has 0 radical (unpaired) electrons. The first-order chi connectivity index (χ1) is 50.7. The van der Waals surface area contributed by atoms with Crippen molar-refractivity contribution in [2.75, 3.05) is 88.0 Å². The van der Waals surface area contributed by atoms with Crippen LogP contribution in [0.2, 0.25) is 5.02 Å². The number of aromatic nitrogens is 1. The summed E-state index contributed by atoms with van der Waals surface area (Å²) in [4.78, 5) is 84.8. The number of amides is 5. The van der Waals surface area contributed by atoms with Crippen molar-refractivity contribution in [2.24, 2.45) is 21.7 Å². The highest BCUT2D eigenvalue weighted by Crippen LogP contribution is 2.44. The van der Waals surface area contributed by atoms with E-state index in [1.165, 1.54) is 45.5 Å². The molecule has 5 atom stereocenters. The number of nitrogens with one attached hydrogen (secondary N) is 4. The molecule has 5 N–H and O–H groups in total. The van der Waals surface area contributed by atoms with Crippen molar-refractivity contribution in [3.05, 3.63) is 160 Å². The summed E-state index contributed by atoms with van der Waals surface area (Å²) in [6, 6.07) is 30.6. The lowest BCUT2D eigenvalue weighted by atomic mass is 9.72. The van der Waals surface area contributed by atoms with Gasteiger partial charge in [0.15, 0.2) is 0 Å². The number of piperazine rings is 2. The van der Waals surface area contributed by atoms with Crippen molar-refractivity contribution >= 4 is 101 Å². The predicted molar refractivity (Wildman–Crippen MR) is 421 cm³/mol. The van der Waals surface area contributed by atoms with Gasteiger partial charge < -0.3 is 35.8 Å². The van der Waals surface area contributed by atoms with Crippen LogP contribution in [0.5, 0.6) is 0 Å². The lowest BCUT2D eigenvalue weighted by molar-refractivity contribution is -0.146. The van der Waals surface area contributed by atoms with Crippen LogP contribution in [0.1, 0.15) is 147 Å². The summed E-state index contributed by atoms with van der Waals surface area (Å²) in [5.41, 5.74) is 0.546. The number of thioether (sulfide) groups is 1. The van der Waals surface area contributed by atoms with Gasteiger partial charge in [-0.1, -0.05) is 134 Å². The summed E-state index contributed by atoms with van der Waals surface area (Å²) >= 11 is 9.16. The monoisotopic (exact) mass is 1580 g/mol. The molecule has 3 aliphatic heterocycles. The molecule has 3 saturated heterocycles. The number of halogens is 4. The molecule has 20 nitrogen and oxygen atoms in total. The van der Waals surface area contributed by atoms with Crippen LogP contribution in [0.3, 0.4) is 0 Å². The minimum Gasteiger partial charge on any atom is -0.391 e. The Morgan fingerprint density at radius 2 is 1.43 bits per heavy atom. The van der Waals surface area contributed by atoms with Crippen molar-refractivity contribution in [2.45, 2.75) is 172 Å². The number of alkyl halides is 3. The molecule has 0 spiro atoms. The molecule has 6 aromatic rings. The summed E-state index contributed by atoms with van der Waals surface area (Å²) in [5, 5.41) is 20.7. The van der Waals surface area contributed by atoms with Crippen molar-refractivity contribution in [1.82, 2.24) is 39.9 Å². The number of hydrogen-bond acceptors (Lipinski definition) is 17. The molecule has 4 aliphatic rings. The number of aliphatic hydroxyl groups excluding tert-OH is 1. The van der Waals surface area contributed by atoms with Gasteiger partial charge in [-0.3, -0.25) is 33.8 Å². The van der Waals surface area contributed by atoms with Gasteiger partial charge in [0.1, 0.15) is 17.0 Å². The minimum atomic E-state index is -6.21. The van der Waals surface area contributed by atoms with Gasteiger partial charge in [-0.05, 0) is 151 Å². The third-order valence-electron chi connectivity index (χ3n) is 21.0. The third-order valence-corrected chi connectivity index (χ3v) is 26.3. The van der Waals surface area contributed by atoms with E-state index >= 15 is 0 Å². The van der Waals surface area contributed by atoms with Crippen LogP contribution < -0.4 is 25.6 Å². The summed E-state index contributed by atoms with van der Waals surface area (Å²) in [6.07, 6.45) is 2.74. The average molecular weight is 1580 g/mol. The number of thiazole rings is 1. The molecule has 10 rings (SSSR count). The van der Waals surface area contributed by atoms with E-state index < -0.39 is 111 Å². The quantitative estimate of drug-likeness (QED) is 0.0301. The molecule has 4 heterocycles. The Kier molecular flexibility index (Phi) is 26.2. The molecular weight excluding hydrogens is 1480 g/mol. The number of sulfone groups is 1. The number of benzene rings is 5. The highest BCUT2D eigenvalue weighted by molar-refractivity contribution is 7.99. The molecule has 1 aliphatic carbocycles. The lowest BCUT2D eigenvalue weighted by Crippen LogP contribution is -2.59. The third kappa shape index (κ3) is 21.0. The van der Waals surface area contributed by atoms with E-state index in [2.05, 4.69) is 61.6 Å². The fourth-order valence-corrected chi connectivity index (χ4v) is 19.0. The molecular formula is C80H102ClF3N10O10S4. The zero-order valence-corrected chi connectivity index (χ0v) is 67.4. The number of likely N-dealkylation sites (tertiary alicyclic amines) is 1. The molecule has 1 aromatic heterocycles. The largest absolute Gasteiger partial charge is 0.501 e. The molecule has 5 aromatic carbocycles.